The van der Waals surface area contributed by atoms with E-state index in [0.717, 1.165) is 16.8 Å². The fourth-order valence-corrected chi connectivity index (χ4v) is 1.80. The van der Waals surface area contributed by atoms with Crippen LogP contribution in [0.5, 0.6) is 0 Å². The van der Waals surface area contributed by atoms with Crippen LogP contribution < -0.4 is 5.32 Å². The van der Waals surface area contributed by atoms with Gasteiger partial charge in [0.05, 0.1) is 0 Å². The van der Waals surface area contributed by atoms with Crippen LogP contribution in [0.15, 0.2) is 60.7 Å². The molecule has 0 unspecified atom stereocenters. The van der Waals surface area contributed by atoms with Crippen molar-refractivity contribution in [1.29, 1.82) is 0 Å². The molecule has 0 aliphatic rings. The highest BCUT2D eigenvalue weighted by atomic mass is 16.1. The van der Waals surface area contributed by atoms with Crippen molar-refractivity contribution in [3.8, 4) is 0 Å². The van der Waals surface area contributed by atoms with Crippen LogP contribution in [-0.4, -0.2) is 5.91 Å². The minimum absolute atomic E-state index is 0.0241. The van der Waals surface area contributed by atoms with Gasteiger partial charge in [0.15, 0.2) is 0 Å². The van der Waals surface area contributed by atoms with Crippen molar-refractivity contribution < 1.29 is 4.79 Å². The van der Waals surface area contributed by atoms with Crippen LogP contribution in [0.2, 0.25) is 0 Å². The molecule has 2 nitrogen and oxygen atoms in total. The Bertz CT molecular complexity index is 585. The molecule has 0 radical (unpaired) electrons. The smallest absolute Gasteiger partial charge is 0.226 e. The van der Waals surface area contributed by atoms with Crippen molar-refractivity contribution in [3.05, 3.63) is 71.8 Å². The monoisotopic (exact) mass is 265 g/mol. The van der Waals surface area contributed by atoms with Crippen molar-refractivity contribution in [2.45, 2.75) is 13.8 Å². The van der Waals surface area contributed by atoms with Gasteiger partial charge in [-0.05, 0) is 17.2 Å². The number of carbonyl (C=O) groups is 1. The molecule has 2 heteroatoms. The molecule has 0 saturated heterocycles. The molecule has 2 aromatic rings. The molecule has 1 N–H and O–H groups in total. The first-order valence-corrected chi connectivity index (χ1v) is 6.80. The summed E-state index contributed by atoms with van der Waals surface area (Å²) in [6.45, 7) is 3.78. The SMILES string of the molecule is CC(C)C(=O)NC(=Cc1ccccc1)c1ccccc1. The minimum Gasteiger partial charge on any atom is -0.325 e. The Kier molecular flexibility index (Phi) is 4.72. The molecule has 2 rings (SSSR count). The number of benzene rings is 2. The van der Waals surface area contributed by atoms with Crippen molar-refractivity contribution in [2.24, 2.45) is 5.92 Å². The van der Waals surface area contributed by atoms with Crippen molar-refractivity contribution in [1.82, 2.24) is 5.32 Å². The summed E-state index contributed by atoms with van der Waals surface area (Å²) >= 11 is 0. The summed E-state index contributed by atoms with van der Waals surface area (Å²) in [7, 11) is 0. The first kappa shape index (κ1) is 14.1. The summed E-state index contributed by atoms with van der Waals surface area (Å²) < 4.78 is 0. The second-order valence-electron chi connectivity index (χ2n) is 4.98. The lowest BCUT2D eigenvalue weighted by Gasteiger charge is -2.12. The summed E-state index contributed by atoms with van der Waals surface area (Å²) in [6.07, 6.45) is 2.00. The molecule has 0 heterocycles. The van der Waals surface area contributed by atoms with E-state index in [1.165, 1.54) is 0 Å². The van der Waals surface area contributed by atoms with E-state index in [0.29, 0.717) is 0 Å². The fraction of sp³-hybridized carbons (Fsp3) is 0.167. The minimum atomic E-state index is -0.0436. The lowest BCUT2D eigenvalue weighted by molar-refractivity contribution is -0.122. The van der Waals surface area contributed by atoms with Gasteiger partial charge in [0.2, 0.25) is 5.91 Å². The summed E-state index contributed by atoms with van der Waals surface area (Å²) in [5, 5.41) is 3.00. The molecule has 2 aromatic carbocycles. The quantitative estimate of drug-likeness (QED) is 0.833. The summed E-state index contributed by atoms with van der Waals surface area (Å²) in [4.78, 5) is 12.0. The van der Waals surface area contributed by atoms with Gasteiger partial charge in [-0.2, -0.15) is 0 Å². The number of hydrogen-bond donors (Lipinski definition) is 1. The standard InChI is InChI=1S/C18H19NO/c1-14(2)18(20)19-17(16-11-7-4-8-12-16)13-15-9-5-3-6-10-15/h3-14H,1-2H3,(H,19,20). The fourth-order valence-electron chi connectivity index (χ4n) is 1.80. The molecule has 0 spiro atoms. The normalized spacial score (nSPS) is 11.4. The first-order chi connectivity index (χ1) is 9.66. The molecular weight excluding hydrogens is 246 g/mol. The third-order valence-corrected chi connectivity index (χ3v) is 2.98. The van der Waals surface area contributed by atoms with Gasteiger partial charge in [0.25, 0.3) is 0 Å². The van der Waals surface area contributed by atoms with E-state index in [2.05, 4.69) is 5.32 Å². The predicted molar refractivity (Wildman–Crippen MR) is 83.7 cm³/mol. The Balaban J connectivity index is 2.35. The van der Waals surface area contributed by atoms with E-state index in [1.54, 1.807) is 0 Å². The Morgan fingerprint density at radius 1 is 0.950 bits per heavy atom. The molecule has 0 aromatic heterocycles. The largest absolute Gasteiger partial charge is 0.325 e. The van der Waals surface area contributed by atoms with E-state index < -0.39 is 0 Å². The highest BCUT2D eigenvalue weighted by molar-refractivity contribution is 5.93. The average molecular weight is 265 g/mol. The van der Waals surface area contributed by atoms with Crippen molar-refractivity contribution >= 4 is 17.7 Å². The van der Waals surface area contributed by atoms with Crippen LogP contribution in [0.25, 0.3) is 11.8 Å². The van der Waals surface area contributed by atoms with Gasteiger partial charge < -0.3 is 5.32 Å². The zero-order valence-electron chi connectivity index (χ0n) is 11.8. The molecule has 0 aliphatic heterocycles. The van der Waals surface area contributed by atoms with Gasteiger partial charge in [-0.3, -0.25) is 4.79 Å². The van der Waals surface area contributed by atoms with E-state index in [-0.39, 0.29) is 11.8 Å². The Morgan fingerprint density at radius 3 is 2.05 bits per heavy atom. The molecule has 0 saturated carbocycles. The summed E-state index contributed by atoms with van der Waals surface area (Å²) in [5.41, 5.74) is 2.90. The highest BCUT2D eigenvalue weighted by Gasteiger charge is 2.10. The predicted octanol–water partition coefficient (Wildman–Crippen LogP) is 3.96. The molecule has 0 atom stereocenters. The van der Waals surface area contributed by atoms with Crippen LogP contribution in [0.1, 0.15) is 25.0 Å². The molecule has 102 valence electrons. The average Bonchev–Trinajstić information content (AvgIpc) is 2.48. The maximum Gasteiger partial charge on any atom is 0.226 e. The number of amides is 1. The second-order valence-corrected chi connectivity index (χ2v) is 4.98. The van der Waals surface area contributed by atoms with Crippen LogP contribution in [0.4, 0.5) is 0 Å². The van der Waals surface area contributed by atoms with Gasteiger partial charge >= 0.3 is 0 Å². The zero-order valence-corrected chi connectivity index (χ0v) is 11.8. The van der Waals surface area contributed by atoms with E-state index in [1.807, 2.05) is 80.6 Å². The number of carbonyl (C=O) groups excluding carboxylic acids is 1. The number of hydrogen-bond acceptors (Lipinski definition) is 1. The number of rotatable bonds is 4. The molecule has 0 bridgehead atoms. The van der Waals surface area contributed by atoms with Crippen LogP contribution in [0, 0.1) is 5.92 Å². The maximum atomic E-state index is 12.0. The van der Waals surface area contributed by atoms with Gasteiger partial charge in [0, 0.05) is 11.6 Å². The van der Waals surface area contributed by atoms with Crippen LogP contribution >= 0.6 is 0 Å². The lowest BCUT2D eigenvalue weighted by Crippen LogP contribution is -2.26. The third-order valence-electron chi connectivity index (χ3n) is 2.98. The van der Waals surface area contributed by atoms with Gasteiger partial charge in [0.1, 0.15) is 0 Å². The van der Waals surface area contributed by atoms with Crippen LogP contribution in [0.3, 0.4) is 0 Å². The van der Waals surface area contributed by atoms with Gasteiger partial charge in [-0.1, -0.05) is 74.5 Å². The molecule has 1 amide bonds. The van der Waals surface area contributed by atoms with Crippen molar-refractivity contribution in [2.75, 3.05) is 0 Å². The maximum absolute atomic E-state index is 12.0. The molecular formula is C18H19NO. The first-order valence-electron chi connectivity index (χ1n) is 6.80. The third kappa shape index (κ3) is 3.82. The lowest BCUT2D eigenvalue weighted by atomic mass is 10.1. The molecule has 0 aliphatic carbocycles. The van der Waals surface area contributed by atoms with E-state index >= 15 is 0 Å². The van der Waals surface area contributed by atoms with Crippen molar-refractivity contribution in [3.63, 3.8) is 0 Å². The van der Waals surface area contributed by atoms with Gasteiger partial charge in [-0.15, -0.1) is 0 Å². The van der Waals surface area contributed by atoms with E-state index in [9.17, 15) is 4.79 Å². The Morgan fingerprint density at radius 2 is 1.50 bits per heavy atom. The van der Waals surface area contributed by atoms with E-state index in [4.69, 9.17) is 0 Å². The topological polar surface area (TPSA) is 29.1 Å². The summed E-state index contributed by atoms with van der Waals surface area (Å²) in [5.74, 6) is -0.0195. The molecule has 0 fully saturated rings. The van der Waals surface area contributed by atoms with Crippen LogP contribution in [-0.2, 0) is 4.79 Å². The Labute approximate surface area is 120 Å². The highest BCUT2D eigenvalue weighted by Crippen LogP contribution is 2.16. The Hall–Kier alpha value is -2.35. The second kappa shape index (κ2) is 6.71. The zero-order chi connectivity index (χ0) is 14.4. The summed E-state index contributed by atoms with van der Waals surface area (Å²) in [6, 6.07) is 19.9. The molecule has 20 heavy (non-hydrogen) atoms. The number of nitrogens with one attached hydrogen (secondary N) is 1. The van der Waals surface area contributed by atoms with Gasteiger partial charge in [-0.25, -0.2) is 0 Å².